The van der Waals surface area contributed by atoms with Crippen molar-refractivity contribution in [1.29, 1.82) is 0 Å². The Hall–Kier alpha value is -1.62. The predicted molar refractivity (Wildman–Crippen MR) is 82.1 cm³/mol. The fourth-order valence-electron chi connectivity index (χ4n) is 1.52. The fourth-order valence-corrected chi connectivity index (χ4v) is 1.69. The number of carbonyl (C=O) groups excluding carboxylic acids is 1. The van der Waals surface area contributed by atoms with Crippen molar-refractivity contribution in [3.8, 4) is 11.5 Å². The molecule has 0 saturated carbocycles. The van der Waals surface area contributed by atoms with Crippen molar-refractivity contribution < 1.29 is 19.4 Å². The smallest absolute Gasteiger partial charge is 0.407 e. The zero-order chi connectivity index (χ0) is 15.9. The van der Waals surface area contributed by atoms with Crippen LogP contribution in [0.1, 0.15) is 33.6 Å². The highest BCUT2D eigenvalue weighted by molar-refractivity contribution is 6.32. The maximum atomic E-state index is 11.4. The summed E-state index contributed by atoms with van der Waals surface area (Å²) in [6, 6.07) is 4.55. The number of unbranched alkanes of at least 4 members (excludes halogenated alkanes) is 1. The molecule has 1 amide bonds. The minimum atomic E-state index is -0.487. The Balaban J connectivity index is 2.15. The molecule has 1 aromatic rings. The molecule has 0 unspecified atom stereocenters. The number of amides is 1. The van der Waals surface area contributed by atoms with Crippen molar-refractivity contribution in [3.05, 3.63) is 23.2 Å². The highest BCUT2D eigenvalue weighted by Gasteiger charge is 2.15. The quantitative estimate of drug-likeness (QED) is 0.785. The number of aromatic hydroxyl groups is 1. The highest BCUT2D eigenvalue weighted by atomic mass is 35.5. The van der Waals surface area contributed by atoms with Crippen molar-refractivity contribution in [2.45, 2.75) is 39.2 Å². The lowest BCUT2D eigenvalue weighted by Crippen LogP contribution is -2.33. The number of rotatable bonds is 6. The summed E-state index contributed by atoms with van der Waals surface area (Å²) in [4.78, 5) is 11.4. The molecule has 1 rings (SSSR count). The Morgan fingerprint density at radius 2 is 2.05 bits per heavy atom. The number of benzene rings is 1. The van der Waals surface area contributed by atoms with Gasteiger partial charge in [0.25, 0.3) is 0 Å². The summed E-state index contributed by atoms with van der Waals surface area (Å²) >= 11 is 5.93. The van der Waals surface area contributed by atoms with Gasteiger partial charge in [0.15, 0.2) is 0 Å². The Labute approximate surface area is 130 Å². The molecule has 0 saturated heterocycles. The molecule has 0 aliphatic carbocycles. The van der Waals surface area contributed by atoms with Gasteiger partial charge in [-0.15, -0.1) is 0 Å². The molecule has 0 spiro atoms. The van der Waals surface area contributed by atoms with Gasteiger partial charge in [0.05, 0.1) is 11.6 Å². The summed E-state index contributed by atoms with van der Waals surface area (Å²) in [5.41, 5.74) is -0.487. The van der Waals surface area contributed by atoms with E-state index in [0.29, 0.717) is 23.9 Å². The van der Waals surface area contributed by atoms with Crippen LogP contribution in [0.15, 0.2) is 18.2 Å². The van der Waals surface area contributed by atoms with Crippen LogP contribution in [-0.2, 0) is 4.74 Å². The topological polar surface area (TPSA) is 67.8 Å². The van der Waals surface area contributed by atoms with Crippen LogP contribution in [0.5, 0.6) is 11.5 Å². The average molecular weight is 316 g/mol. The van der Waals surface area contributed by atoms with Crippen LogP contribution in [0.25, 0.3) is 0 Å². The molecule has 21 heavy (non-hydrogen) atoms. The molecule has 6 heteroatoms. The third-order valence-electron chi connectivity index (χ3n) is 2.41. The summed E-state index contributed by atoms with van der Waals surface area (Å²) in [5.74, 6) is 0.567. The first-order valence-corrected chi connectivity index (χ1v) is 7.24. The second-order valence-corrected chi connectivity index (χ2v) is 6.01. The lowest BCUT2D eigenvalue weighted by molar-refractivity contribution is 0.0526. The molecule has 0 atom stereocenters. The standard InChI is InChI=1S/C15H22ClNO4/c1-15(2,3)21-14(19)17-8-4-5-9-20-13-10-11(18)6-7-12(13)16/h6-7,10,18H,4-5,8-9H2,1-3H3,(H,17,19). The van der Waals surface area contributed by atoms with Crippen LogP contribution in [-0.4, -0.2) is 30.0 Å². The number of nitrogens with one attached hydrogen (secondary N) is 1. The Morgan fingerprint density at radius 1 is 1.33 bits per heavy atom. The number of carbonyl (C=O) groups is 1. The molecular formula is C15H22ClNO4. The summed E-state index contributed by atoms with van der Waals surface area (Å²) < 4.78 is 10.6. The molecule has 0 aromatic heterocycles. The SMILES string of the molecule is CC(C)(C)OC(=O)NCCCCOc1cc(O)ccc1Cl. The number of ether oxygens (including phenoxy) is 2. The van der Waals surface area contributed by atoms with Crippen molar-refractivity contribution in [2.24, 2.45) is 0 Å². The third-order valence-corrected chi connectivity index (χ3v) is 2.72. The summed E-state index contributed by atoms with van der Waals surface area (Å²) in [7, 11) is 0. The molecule has 118 valence electrons. The van der Waals surface area contributed by atoms with E-state index in [0.717, 1.165) is 12.8 Å². The van der Waals surface area contributed by atoms with Gasteiger partial charge < -0.3 is 19.9 Å². The van der Waals surface area contributed by atoms with Gasteiger partial charge in [-0.25, -0.2) is 4.79 Å². The summed E-state index contributed by atoms with van der Waals surface area (Å²) in [5, 5.41) is 12.5. The molecular weight excluding hydrogens is 294 g/mol. The first-order chi connectivity index (χ1) is 9.78. The molecule has 0 aliphatic rings. The van der Waals surface area contributed by atoms with Crippen molar-refractivity contribution in [1.82, 2.24) is 5.32 Å². The third kappa shape index (κ3) is 7.66. The molecule has 0 heterocycles. The monoisotopic (exact) mass is 315 g/mol. The van der Waals surface area contributed by atoms with Gasteiger partial charge >= 0.3 is 6.09 Å². The number of hydrogen-bond donors (Lipinski definition) is 2. The number of phenols is 1. The van der Waals surface area contributed by atoms with Crippen LogP contribution < -0.4 is 10.1 Å². The van der Waals surface area contributed by atoms with Crippen LogP contribution in [0.3, 0.4) is 0 Å². The number of alkyl carbamates (subject to hydrolysis) is 1. The molecule has 5 nitrogen and oxygen atoms in total. The van der Waals surface area contributed by atoms with Crippen LogP contribution in [0.2, 0.25) is 5.02 Å². The van der Waals surface area contributed by atoms with Gasteiger partial charge in [0, 0.05) is 12.6 Å². The van der Waals surface area contributed by atoms with E-state index in [-0.39, 0.29) is 5.75 Å². The fraction of sp³-hybridized carbons (Fsp3) is 0.533. The first-order valence-electron chi connectivity index (χ1n) is 6.86. The van der Waals surface area contributed by atoms with Gasteiger partial charge in [-0.3, -0.25) is 0 Å². The molecule has 0 fully saturated rings. The summed E-state index contributed by atoms with van der Waals surface area (Å²) in [6.07, 6.45) is 1.09. The van der Waals surface area contributed by atoms with E-state index in [2.05, 4.69) is 5.32 Å². The maximum absolute atomic E-state index is 11.4. The average Bonchev–Trinajstić information content (AvgIpc) is 2.35. The van der Waals surface area contributed by atoms with Crippen molar-refractivity contribution in [2.75, 3.05) is 13.2 Å². The van der Waals surface area contributed by atoms with Crippen LogP contribution in [0.4, 0.5) is 4.79 Å². The summed E-state index contributed by atoms with van der Waals surface area (Å²) in [6.45, 7) is 6.43. The largest absolute Gasteiger partial charge is 0.508 e. The highest BCUT2D eigenvalue weighted by Crippen LogP contribution is 2.28. The number of hydrogen-bond acceptors (Lipinski definition) is 4. The van der Waals surface area contributed by atoms with Crippen molar-refractivity contribution >= 4 is 17.7 Å². The maximum Gasteiger partial charge on any atom is 0.407 e. The number of halogens is 1. The van der Waals surface area contributed by atoms with Gasteiger partial charge in [-0.05, 0) is 45.7 Å². The first kappa shape index (κ1) is 17.4. The van der Waals surface area contributed by atoms with E-state index in [1.54, 1.807) is 6.07 Å². The minimum absolute atomic E-state index is 0.112. The van der Waals surface area contributed by atoms with E-state index in [1.165, 1.54) is 12.1 Å². The van der Waals surface area contributed by atoms with Crippen LogP contribution in [0, 0.1) is 0 Å². The Morgan fingerprint density at radius 3 is 2.71 bits per heavy atom. The van der Waals surface area contributed by atoms with Crippen LogP contribution >= 0.6 is 11.6 Å². The molecule has 0 bridgehead atoms. The minimum Gasteiger partial charge on any atom is -0.508 e. The van der Waals surface area contributed by atoms with Gasteiger partial charge in [0.1, 0.15) is 17.1 Å². The van der Waals surface area contributed by atoms with Gasteiger partial charge in [0.2, 0.25) is 0 Å². The Bertz CT molecular complexity index is 471. The second kappa shape index (κ2) is 7.98. The van der Waals surface area contributed by atoms with E-state index in [1.807, 2.05) is 20.8 Å². The Kier molecular flexibility index (Phi) is 6.62. The second-order valence-electron chi connectivity index (χ2n) is 5.60. The van der Waals surface area contributed by atoms with E-state index in [9.17, 15) is 9.90 Å². The van der Waals surface area contributed by atoms with Gasteiger partial charge in [-0.2, -0.15) is 0 Å². The van der Waals surface area contributed by atoms with Crippen molar-refractivity contribution in [3.63, 3.8) is 0 Å². The number of phenolic OH excluding ortho intramolecular Hbond substituents is 1. The van der Waals surface area contributed by atoms with Gasteiger partial charge in [-0.1, -0.05) is 11.6 Å². The normalized spacial score (nSPS) is 11.0. The molecule has 0 radical (unpaired) electrons. The predicted octanol–water partition coefficient (Wildman–Crippen LogP) is 3.73. The lowest BCUT2D eigenvalue weighted by Gasteiger charge is -2.19. The lowest BCUT2D eigenvalue weighted by atomic mass is 10.2. The van der Waals surface area contributed by atoms with E-state index < -0.39 is 11.7 Å². The zero-order valence-electron chi connectivity index (χ0n) is 12.6. The zero-order valence-corrected chi connectivity index (χ0v) is 13.4. The van der Waals surface area contributed by atoms with E-state index >= 15 is 0 Å². The molecule has 0 aliphatic heterocycles. The molecule has 2 N–H and O–H groups in total. The molecule has 1 aromatic carbocycles. The van der Waals surface area contributed by atoms with E-state index in [4.69, 9.17) is 21.1 Å².